The van der Waals surface area contributed by atoms with E-state index in [1.54, 1.807) is 0 Å². The maximum Gasteiger partial charge on any atom is 0.189 e. The lowest BCUT2D eigenvalue weighted by Crippen LogP contribution is -2.44. The third-order valence-corrected chi connectivity index (χ3v) is 5.88. The molecule has 2 aromatic carbocycles. The molecule has 3 rings (SSSR count). The van der Waals surface area contributed by atoms with E-state index in [9.17, 15) is 0 Å². The number of nitrogens with one attached hydrogen (secondary N) is 1. The highest BCUT2D eigenvalue weighted by Gasteiger charge is 2.33. The molecule has 0 spiro atoms. The van der Waals surface area contributed by atoms with E-state index in [1.165, 1.54) is 22.3 Å². The summed E-state index contributed by atoms with van der Waals surface area (Å²) in [6.07, 6.45) is 3.24. The van der Waals surface area contributed by atoms with Crippen molar-refractivity contribution in [1.82, 2.24) is 4.90 Å². The second kappa shape index (κ2) is 9.47. The van der Waals surface area contributed by atoms with Gasteiger partial charge in [0.25, 0.3) is 0 Å². The second-order valence-corrected chi connectivity index (χ2v) is 8.40. The van der Waals surface area contributed by atoms with Crippen LogP contribution in [0.15, 0.2) is 48.5 Å². The predicted octanol–water partition coefficient (Wildman–Crippen LogP) is 6.52. The van der Waals surface area contributed by atoms with Gasteiger partial charge in [0.05, 0.1) is 12.1 Å². The minimum absolute atomic E-state index is 0. The molecule has 3 N–H and O–H groups in total. The average Bonchev–Trinajstić information content (AvgIpc) is 2.67. The number of nitrogens with zero attached hydrogens (tertiary/aromatic N) is 1. The lowest BCUT2D eigenvalue weighted by Gasteiger charge is -2.43. The largest absolute Gasteiger partial charge is 0.370 e. The fraction of sp³-hybridized carbons (Fsp3) is 0.458. The Morgan fingerprint density at radius 2 is 1.18 bits per heavy atom. The van der Waals surface area contributed by atoms with Crippen molar-refractivity contribution >= 4 is 18.4 Å². The van der Waals surface area contributed by atoms with E-state index < -0.39 is 0 Å². The van der Waals surface area contributed by atoms with Gasteiger partial charge in [0.2, 0.25) is 0 Å². The zero-order valence-electron chi connectivity index (χ0n) is 17.5. The van der Waals surface area contributed by atoms with Crippen molar-refractivity contribution in [3.05, 3.63) is 70.8 Å². The van der Waals surface area contributed by atoms with E-state index in [2.05, 4.69) is 81.1 Å². The fourth-order valence-electron chi connectivity index (χ4n) is 4.20. The van der Waals surface area contributed by atoms with E-state index in [4.69, 9.17) is 11.1 Å². The molecule has 0 radical (unpaired) electrons. The third-order valence-electron chi connectivity index (χ3n) is 5.88. The van der Waals surface area contributed by atoms with Crippen LogP contribution in [-0.4, -0.2) is 10.9 Å². The molecule has 1 saturated heterocycles. The van der Waals surface area contributed by atoms with Gasteiger partial charge in [-0.25, -0.2) is 0 Å². The van der Waals surface area contributed by atoms with Crippen LogP contribution >= 0.6 is 12.4 Å². The molecule has 28 heavy (non-hydrogen) atoms. The monoisotopic (exact) mass is 399 g/mol. The normalized spacial score (nSPS) is 19.6. The van der Waals surface area contributed by atoms with Gasteiger partial charge in [-0.05, 0) is 53.4 Å². The van der Waals surface area contributed by atoms with Crippen molar-refractivity contribution in [2.45, 2.75) is 70.9 Å². The van der Waals surface area contributed by atoms with E-state index in [0.717, 1.165) is 19.3 Å². The Kier molecular flexibility index (Phi) is 7.54. The van der Waals surface area contributed by atoms with Crippen LogP contribution in [-0.2, 0) is 0 Å². The molecule has 1 aliphatic heterocycles. The van der Waals surface area contributed by atoms with Crippen LogP contribution in [0.2, 0.25) is 0 Å². The molecule has 1 fully saturated rings. The Bertz CT molecular complexity index is 706. The van der Waals surface area contributed by atoms with Crippen LogP contribution in [0.5, 0.6) is 0 Å². The first-order chi connectivity index (χ1) is 12.9. The molecule has 0 amide bonds. The average molecular weight is 400 g/mol. The topological polar surface area (TPSA) is 53.1 Å². The van der Waals surface area contributed by atoms with Crippen molar-refractivity contribution in [2.24, 2.45) is 5.73 Å². The predicted molar refractivity (Wildman–Crippen MR) is 121 cm³/mol. The highest BCUT2D eigenvalue weighted by molar-refractivity contribution is 5.85. The Hall–Kier alpha value is -2.00. The molecular formula is C24H34ClN3. The molecule has 0 aromatic heterocycles. The molecular weight excluding hydrogens is 366 g/mol. The van der Waals surface area contributed by atoms with Crippen LogP contribution in [0.25, 0.3) is 0 Å². The van der Waals surface area contributed by atoms with Gasteiger partial charge in [-0.2, -0.15) is 0 Å². The highest BCUT2D eigenvalue weighted by Crippen LogP contribution is 2.41. The molecule has 152 valence electrons. The summed E-state index contributed by atoms with van der Waals surface area (Å²) in [6.45, 7) is 8.87. The van der Waals surface area contributed by atoms with Crippen molar-refractivity contribution in [1.29, 1.82) is 5.41 Å². The number of halogens is 1. The van der Waals surface area contributed by atoms with Gasteiger partial charge < -0.3 is 10.6 Å². The van der Waals surface area contributed by atoms with Crippen LogP contribution < -0.4 is 5.73 Å². The van der Waals surface area contributed by atoms with Crippen molar-refractivity contribution in [3.63, 3.8) is 0 Å². The van der Waals surface area contributed by atoms with Gasteiger partial charge >= 0.3 is 0 Å². The van der Waals surface area contributed by atoms with E-state index in [-0.39, 0.29) is 30.5 Å². The molecule has 0 aliphatic carbocycles. The van der Waals surface area contributed by atoms with E-state index >= 15 is 0 Å². The van der Waals surface area contributed by atoms with Gasteiger partial charge in [-0.1, -0.05) is 76.2 Å². The lowest BCUT2D eigenvalue weighted by atomic mass is 9.86. The minimum atomic E-state index is 0. The van der Waals surface area contributed by atoms with Gasteiger partial charge in [0.1, 0.15) is 0 Å². The third kappa shape index (κ3) is 4.70. The number of nitrogens with two attached hydrogens (primary N) is 1. The maximum atomic E-state index is 8.27. The standard InChI is InChI=1S/C24H33N3.ClH/c1-16(2)18-8-12-20(13-9-18)22-6-5-7-23(27(22)24(25)26)21-14-10-19(11-15-21)17(3)4;/h8-17,22-23H,5-7H2,1-4H3,(H3,25,26);1H/t22-,23+;. The summed E-state index contributed by atoms with van der Waals surface area (Å²) in [5.74, 6) is 1.23. The van der Waals surface area contributed by atoms with Gasteiger partial charge in [-0.15, -0.1) is 12.4 Å². The number of piperidine rings is 1. The number of hydrogen-bond donors (Lipinski definition) is 2. The minimum Gasteiger partial charge on any atom is -0.370 e. The zero-order valence-corrected chi connectivity index (χ0v) is 18.3. The molecule has 1 aliphatic rings. The zero-order chi connectivity index (χ0) is 19.6. The Morgan fingerprint density at radius 3 is 1.46 bits per heavy atom. The van der Waals surface area contributed by atoms with E-state index in [0.29, 0.717) is 11.8 Å². The highest BCUT2D eigenvalue weighted by atomic mass is 35.5. The quantitative estimate of drug-likeness (QED) is 0.454. The molecule has 2 aromatic rings. The van der Waals surface area contributed by atoms with Crippen LogP contribution in [0, 0.1) is 5.41 Å². The summed E-state index contributed by atoms with van der Waals surface area (Å²) in [7, 11) is 0. The SMILES string of the molecule is CC(C)c1ccc([C@H]2CCC[C@@H](c3ccc(C(C)C)cc3)N2C(=N)N)cc1.Cl. The fourth-order valence-corrected chi connectivity index (χ4v) is 4.20. The Labute approximate surface area is 176 Å². The van der Waals surface area contributed by atoms with Crippen molar-refractivity contribution < 1.29 is 0 Å². The van der Waals surface area contributed by atoms with Gasteiger partial charge in [0, 0.05) is 0 Å². The van der Waals surface area contributed by atoms with Crippen LogP contribution in [0.1, 0.15) is 93.1 Å². The summed E-state index contributed by atoms with van der Waals surface area (Å²) < 4.78 is 0. The van der Waals surface area contributed by atoms with Crippen molar-refractivity contribution in [2.75, 3.05) is 0 Å². The summed E-state index contributed by atoms with van der Waals surface area (Å²) in [6, 6.07) is 18.1. The number of guanidine groups is 1. The molecule has 1 heterocycles. The number of rotatable bonds is 4. The van der Waals surface area contributed by atoms with Crippen molar-refractivity contribution in [3.8, 4) is 0 Å². The Balaban J connectivity index is 0.00000280. The molecule has 4 heteroatoms. The first-order valence-electron chi connectivity index (χ1n) is 10.2. The number of likely N-dealkylation sites (tertiary alicyclic amines) is 1. The maximum absolute atomic E-state index is 8.27. The van der Waals surface area contributed by atoms with Gasteiger partial charge in [0.15, 0.2) is 5.96 Å². The first-order valence-corrected chi connectivity index (χ1v) is 10.2. The molecule has 0 unspecified atom stereocenters. The van der Waals surface area contributed by atoms with Crippen LogP contribution in [0.4, 0.5) is 0 Å². The lowest BCUT2D eigenvalue weighted by molar-refractivity contribution is 0.165. The smallest absolute Gasteiger partial charge is 0.189 e. The summed E-state index contributed by atoms with van der Waals surface area (Å²) in [4.78, 5) is 2.12. The molecule has 0 bridgehead atoms. The summed E-state index contributed by atoms with van der Waals surface area (Å²) in [5, 5.41) is 8.27. The summed E-state index contributed by atoms with van der Waals surface area (Å²) >= 11 is 0. The van der Waals surface area contributed by atoms with E-state index in [1.807, 2.05) is 0 Å². The van der Waals surface area contributed by atoms with Crippen LogP contribution in [0.3, 0.4) is 0 Å². The second-order valence-electron chi connectivity index (χ2n) is 8.40. The van der Waals surface area contributed by atoms with Gasteiger partial charge in [-0.3, -0.25) is 5.41 Å². The number of hydrogen-bond acceptors (Lipinski definition) is 1. The summed E-state index contributed by atoms with van der Waals surface area (Å²) in [5.41, 5.74) is 11.3. The Morgan fingerprint density at radius 1 is 0.821 bits per heavy atom. The molecule has 2 atom stereocenters. The number of benzene rings is 2. The molecule has 0 saturated carbocycles. The molecule has 3 nitrogen and oxygen atoms in total. The first kappa shape index (κ1) is 22.3.